The summed E-state index contributed by atoms with van der Waals surface area (Å²) in [5.41, 5.74) is 1.10. The number of ether oxygens (including phenoxy) is 1. The third-order valence-electron chi connectivity index (χ3n) is 2.92. The van der Waals surface area contributed by atoms with Gasteiger partial charge in [0, 0.05) is 12.2 Å². The molecule has 2 aromatic rings. The zero-order valence-electron chi connectivity index (χ0n) is 11.8. The van der Waals surface area contributed by atoms with Crippen LogP contribution in [0.4, 0.5) is 0 Å². The maximum atomic E-state index is 11.8. The molecule has 1 aromatic heterocycles. The Balaban J connectivity index is 1.81. The number of aromatic nitrogens is 2. The van der Waals surface area contributed by atoms with Crippen molar-refractivity contribution in [1.82, 2.24) is 15.5 Å². The normalized spacial score (nSPS) is 12.0. The summed E-state index contributed by atoms with van der Waals surface area (Å²) in [6, 6.07) is 4.98. The lowest BCUT2D eigenvalue weighted by atomic mass is 10.2. The molecular formula is C14H15Cl2N3O3. The van der Waals surface area contributed by atoms with Crippen LogP contribution in [0.2, 0.25) is 10.0 Å². The van der Waals surface area contributed by atoms with Gasteiger partial charge in [-0.25, -0.2) is 0 Å². The van der Waals surface area contributed by atoms with E-state index in [1.54, 1.807) is 25.1 Å². The Morgan fingerprint density at radius 1 is 1.50 bits per heavy atom. The van der Waals surface area contributed by atoms with E-state index in [-0.39, 0.29) is 24.1 Å². The largest absolute Gasteiger partial charge is 0.489 e. The van der Waals surface area contributed by atoms with E-state index >= 15 is 0 Å². The summed E-state index contributed by atoms with van der Waals surface area (Å²) in [5, 5.41) is 19.5. The predicted octanol–water partition coefficient (Wildman–Crippen LogP) is 2.19. The zero-order valence-corrected chi connectivity index (χ0v) is 13.3. The van der Waals surface area contributed by atoms with Gasteiger partial charge in [-0.05, 0) is 19.1 Å². The van der Waals surface area contributed by atoms with Gasteiger partial charge in [0.1, 0.15) is 23.5 Å². The number of aromatic amines is 1. The summed E-state index contributed by atoms with van der Waals surface area (Å²) in [5.74, 6) is 0.0660. The van der Waals surface area contributed by atoms with Crippen molar-refractivity contribution in [3.8, 4) is 5.75 Å². The Bertz CT molecular complexity index is 661. The number of carbonyl (C=O) groups is 1. The molecule has 1 heterocycles. The standard InChI is InChI=1S/C14H15Cl2N3O3/c1-8-10(6-18-19-8)14(21)17-5-9(20)7-22-12-4-2-3-11(15)13(12)16/h2-4,6,9,20H,5,7H2,1H3,(H,17,21)(H,18,19)/t9-/m1/s1. The number of aliphatic hydroxyl groups excluding tert-OH is 1. The van der Waals surface area contributed by atoms with Gasteiger partial charge in [0.05, 0.1) is 16.8 Å². The number of aliphatic hydroxyl groups is 1. The van der Waals surface area contributed by atoms with Crippen molar-refractivity contribution in [1.29, 1.82) is 0 Å². The van der Waals surface area contributed by atoms with Gasteiger partial charge in [-0.3, -0.25) is 9.89 Å². The molecule has 0 unspecified atom stereocenters. The molecule has 0 aliphatic carbocycles. The fourth-order valence-electron chi connectivity index (χ4n) is 1.73. The van der Waals surface area contributed by atoms with Gasteiger partial charge >= 0.3 is 0 Å². The number of H-pyrrole nitrogens is 1. The highest BCUT2D eigenvalue weighted by Crippen LogP contribution is 2.31. The summed E-state index contributed by atoms with van der Waals surface area (Å²) < 4.78 is 5.39. The maximum absolute atomic E-state index is 11.8. The molecule has 118 valence electrons. The smallest absolute Gasteiger partial charge is 0.254 e. The zero-order chi connectivity index (χ0) is 16.1. The fraction of sp³-hybridized carbons (Fsp3) is 0.286. The minimum absolute atomic E-state index is 0.0231. The molecule has 6 nitrogen and oxygen atoms in total. The van der Waals surface area contributed by atoms with Gasteiger partial charge in [0.25, 0.3) is 5.91 Å². The molecule has 0 bridgehead atoms. The van der Waals surface area contributed by atoms with Crippen LogP contribution >= 0.6 is 23.2 Å². The van der Waals surface area contributed by atoms with Crippen LogP contribution in [0.1, 0.15) is 16.1 Å². The lowest BCUT2D eigenvalue weighted by Crippen LogP contribution is -2.35. The van der Waals surface area contributed by atoms with Crippen LogP contribution in [-0.2, 0) is 0 Å². The van der Waals surface area contributed by atoms with Gasteiger partial charge in [0.2, 0.25) is 0 Å². The summed E-state index contributed by atoms with van der Waals surface area (Å²) >= 11 is 11.8. The van der Waals surface area contributed by atoms with Crippen LogP contribution in [0.3, 0.4) is 0 Å². The average molecular weight is 344 g/mol. The van der Waals surface area contributed by atoms with Crippen molar-refractivity contribution in [3.05, 3.63) is 45.7 Å². The van der Waals surface area contributed by atoms with Crippen LogP contribution in [0.15, 0.2) is 24.4 Å². The molecule has 0 aliphatic rings. The Morgan fingerprint density at radius 3 is 2.95 bits per heavy atom. The van der Waals surface area contributed by atoms with E-state index in [0.29, 0.717) is 22.0 Å². The summed E-state index contributed by atoms with van der Waals surface area (Å²) in [4.78, 5) is 11.8. The van der Waals surface area contributed by atoms with Crippen molar-refractivity contribution in [3.63, 3.8) is 0 Å². The van der Waals surface area contributed by atoms with Crippen molar-refractivity contribution < 1.29 is 14.6 Å². The monoisotopic (exact) mass is 343 g/mol. The third-order valence-corrected chi connectivity index (χ3v) is 3.72. The van der Waals surface area contributed by atoms with Crippen molar-refractivity contribution in [2.45, 2.75) is 13.0 Å². The number of rotatable bonds is 6. The van der Waals surface area contributed by atoms with E-state index < -0.39 is 6.10 Å². The molecule has 0 radical (unpaired) electrons. The second-order valence-electron chi connectivity index (χ2n) is 4.64. The Hall–Kier alpha value is -1.76. The molecule has 8 heteroatoms. The average Bonchev–Trinajstić information content (AvgIpc) is 2.92. The molecule has 0 spiro atoms. The quantitative estimate of drug-likeness (QED) is 0.750. The second-order valence-corrected chi connectivity index (χ2v) is 5.42. The first kappa shape index (κ1) is 16.6. The number of benzene rings is 1. The molecular weight excluding hydrogens is 329 g/mol. The highest BCUT2D eigenvalue weighted by molar-refractivity contribution is 6.42. The topological polar surface area (TPSA) is 87.2 Å². The van der Waals surface area contributed by atoms with Gasteiger partial charge in [-0.1, -0.05) is 29.3 Å². The van der Waals surface area contributed by atoms with Gasteiger partial charge < -0.3 is 15.2 Å². The Labute approximate surface area is 137 Å². The third kappa shape index (κ3) is 4.13. The number of nitrogens with one attached hydrogen (secondary N) is 2. The van der Waals surface area contributed by atoms with E-state index in [1.165, 1.54) is 6.20 Å². The van der Waals surface area contributed by atoms with Crippen molar-refractivity contribution in [2.24, 2.45) is 0 Å². The number of halogens is 2. The first-order valence-corrected chi connectivity index (χ1v) is 7.27. The van der Waals surface area contributed by atoms with Crippen molar-refractivity contribution in [2.75, 3.05) is 13.2 Å². The number of nitrogens with zero attached hydrogens (tertiary/aromatic N) is 1. The van der Waals surface area contributed by atoms with Crippen LogP contribution in [0.5, 0.6) is 5.75 Å². The Morgan fingerprint density at radius 2 is 2.27 bits per heavy atom. The minimum Gasteiger partial charge on any atom is -0.489 e. The summed E-state index contributed by atoms with van der Waals surface area (Å²) in [6.07, 6.45) is 0.547. The fourth-order valence-corrected chi connectivity index (χ4v) is 2.07. The predicted molar refractivity (Wildman–Crippen MR) is 83.6 cm³/mol. The molecule has 1 atom stereocenters. The highest BCUT2D eigenvalue weighted by atomic mass is 35.5. The number of hydrogen-bond acceptors (Lipinski definition) is 4. The summed E-state index contributed by atoms with van der Waals surface area (Å²) in [7, 11) is 0. The lowest BCUT2D eigenvalue weighted by molar-refractivity contribution is 0.0843. The van der Waals surface area contributed by atoms with E-state index in [4.69, 9.17) is 27.9 Å². The minimum atomic E-state index is -0.883. The second kappa shape index (κ2) is 7.49. The van der Waals surface area contributed by atoms with Crippen molar-refractivity contribution >= 4 is 29.1 Å². The summed E-state index contributed by atoms with van der Waals surface area (Å²) in [6.45, 7) is 1.76. The SMILES string of the molecule is Cc1[nH]ncc1C(=O)NC[C@@H](O)COc1cccc(Cl)c1Cl. The van der Waals surface area contributed by atoms with Crippen LogP contribution < -0.4 is 10.1 Å². The first-order valence-electron chi connectivity index (χ1n) is 6.52. The maximum Gasteiger partial charge on any atom is 0.254 e. The van der Waals surface area contributed by atoms with Gasteiger partial charge in [-0.15, -0.1) is 0 Å². The van der Waals surface area contributed by atoms with E-state index in [2.05, 4.69) is 15.5 Å². The Kier molecular flexibility index (Phi) is 5.65. The molecule has 0 fully saturated rings. The highest BCUT2D eigenvalue weighted by Gasteiger charge is 2.14. The molecule has 1 aromatic carbocycles. The molecule has 22 heavy (non-hydrogen) atoms. The van der Waals surface area contributed by atoms with Crippen LogP contribution in [0.25, 0.3) is 0 Å². The first-order chi connectivity index (χ1) is 10.5. The molecule has 0 aliphatic heterocycles. The molecule has 0 saturated heterocycles. The number of amides is 1. The van der Waals surface area contributed by atoms with E-state index in [1.807, 2.05) is 0 Å². The van der Waals surface area contributed by atoms with Crippen LogP contribution in [-0.4, -0.2) is 40.5 Å². The van der Waals surface area contributed by atoms with Gasteiger partial charge in [0.15, 0.2) is 0 Å². The lowest BCUT2D eigenvalue weighted by Gasteiger charge is -2.14. The van der Waals surface area contributed by atoms with E-state index in [0.717, 1.165) is 0 Å². The molecule has 1 amide bonds. The van der Waals surface area contributed by atoms with E-state index in [9.17, 15) is 9.90 Å². The molecule has 3 N–H and O–H groups in total. The molecule has 0 saturated carbocycles. The number of hydrogen-bond donors (Lipinski definition) is 3. The van der Waals surface area contributed by atoms with Gasteiger partial charge in [-0.2, -0.15) is 5.10 Å². The molecule has 2 rings (SSSR count). The number of aryl methyl sites for hydroxylation is 1. The van der Waals surface area contributed by atoms with Crippen LogP contribution in [0, 0.1) is 6.92 Å². The number of carbonyl (C=O) groups excluding carboxylic acids is 1.